The largest absolute Gasteiger partial charge is 0.383 e. The van der Waals surface area contributed by atoms with E-state index >= 15 is 0 Å². The Morgan fingerprint density at radius 1 is 1.50 bits per heavy atom. The molecule has 84 valence electrons. The van der Waals surface area contributed by atoms with Gasteiger partial charge in [-0.15, -0.1) is 0 Å². The molecule has 0 heterocycles. The van der Waals surface area contributed by atoms with Crippen LogP contribution in [0.5, 0.6) is 0 Å². The molecule has 1 atom stereocenters. The summed E-state index contributed by atoms with van der Waals surface area (Å²) in [5, 5.41) is 1.66. The Bertz CT molecular complexity index is 198. The summed E-state index contributed by atoms with van der Waals surface area (Å²) in [5.74, 6) is -6.63. The van der Waals surface area contributed by atoms with Gasteiger partial charge in [0.15, 0.2) is 0 Å². The molecule has 0 aromatic carbocycles. The van der Waals surface area contributed by atoms with Gasteiger partial charge in [-0.05, 0) is 6.42 Å². The van der Waals surface area contributed by atoms with Gasteiger partial charge in [-0.25, -0.2) is 8.78 Å². The lowest BCUT2D eigenvalue weighted by Crippen LogP contribution is -2.48. The summed E-state index contributed by atoms with van der Waals surface area (Å²) in [5.41, 5.74) is 5.29. The predicted octanol–water partition coefficient (Wildman–Crippen LogP) is 0.740. The minimum absolute atomic E-state index is 0.238. The normalized spacial score (nSPS) is 14.2. The molecule has 0 bridgehead atoms. The Kier molecular flexibility index (Phi) is 4.82. The van der Waals surface area contributed by atoms with Crippen molar-refractivity contribution in [1.29, 1.82) is 0 Å². The summed E-state index contributed by atoms with van der Waals surface area (Å²) >= 11 is 0. The van der Waals surface area contributed by atoms with E-state index in [9.17, 15) is 22.4 Å². The van der Waals surface area contributed by atoms with E-state index in [1.165, 1.54) is 0 Å². The first-order chi connectivity index (χ1) is 6.32. The van der Waals surface area contributed by atoms with Gasteiger partial charge in [-0.1, -0.05) is 6.92 Å². The number of carbonyl (C=O) groups excluding carboxylic acids is 1. The standard InChI is InChI=1S/C7H12F4N2O/c1-2-4(12)3-13-6(14)7(10,11)5(8)9/h4-5H,2-3,12H2,1H3,(H,13,14). The highest BCUT2D eigenvalue weighted by atomic mass is 19.3. The van der Waals surface area contributed by atoms with Gasteiger partial charge in [0.05, 0.1) is 0 Å². The molecular formula is C7H12F4N2O. The quantitative estimate of drug-likeness (QED) is 0.666. The highest BCUT2D eigenvalue weighted by Crippen LogP contribution is 2.22. The zero-order valence-corrected chi connectivity index (χ0v) is 7.57. The second kappa shape index (κ2) is 5.14. The number of rotatable bonds is 5. The number of alkyl halides is 4. The van der Waals surface area contributed by atoms with Crippen molar-refractivity contribution in [3.63, 3.8) is 0 Å². The van der Waals surface area contributed by atoms with Gasteiger partial charge >= 0.3 is 12.3 Å². The minimum atomic E-state index is -4.65. The number of nitrogens with two attached hydrogens (primary N) is 1. The molecule has 0 radical (unpaired) electrons. The maximum absolute atomic E-state index is 12.3. The number of hydrogen-bond acceptors (Lipinski definition) is 2. The summed E-state index contributed by atoms with van der Waals surface area (Å²) in [4.78, 5) is 10.5. The van der Waals surface area contributed by atoms with Crippen LogP contribution in [0.2, 0.25) is 0 Å². The Balaban J connectivity index is 4.08. The summed E-state index contributed by atoms with van der Waals surface area (Å²) in [6.45, 7) is 1.44. The molecule has 0 aliphatic carbocycles. The molecule has 0 rings (SSSR count). The molecule has 14 heavy (non-hydrogen) atoms. The first-order valence-electron chi connectivity index (χ1n) is 4.02. The molecule has 0 aromatic rings. The molecule has 1 unspecified atom stereocenters. The Labute approximate surface area is 78.6 Å². The third-order valence-corrected chi connectivity index (χ3v) is 1.63. The maximum Gasteiger partial charge on any atom is 0.383 e. The van der Waals surface area contributed by atoms with Crippen LogP contribution in [0.15, 0.2) is 0 Å². The van der Waals surface area contributed by atoms with Crippen LogP contribution in [0.3, 0.4) is 0 Å². The SMILES string of the molecule is CCC(N)CNC(=O)C(F)(F)C(F)F. The molecule has 0 aromatic heterocycles. The molecule has 3 N–H and O–H groups in total. The van der Waals surface area contributed by atoms with Gasteiger partial charge in [0.2, 0.25) is 0 Å². The third-order valence-electron chi connectivity index (χ3n) is 1.63. The Hall–Kier alpha value is -0.850. The van der Waals surface area contributed by atoms with Crippen molar-refractivity contribution in [2.24, 2.45) is 5.73 Å². The van der Waals surface area contributed by atoms with Crippen molar-refractivity contribution < 1.29 is 22.4 Å². The first kappa shape index (κ1) is 13.2. The molecule has 0 fully saturated rings. The molecule has 0 spiro atoms. The van der Waals surface area contributed by atoms with Gasteiger partial charge in [-0.3, -0.25) is 4.79 Å². The highest BCUT2D eigenvalue weighted by molar-refractivity contribution is 5.83. The molecule has 3 nitrogen and oxygen atoms in total. The van der Waals surface area contributed by atoms with E-state index in [-0.39, 0.29) is 6.54 Å². The fourth-order valence-electron chi connectivity index (χ4n) is 0.585. The topological polar surface area (TPSA) is 55.1 Å². The molecule has 0 saturated heterocycles. The lowest BCUT2D eigenvalue weighted by Gasteiger charge is -2.16. The second-order valence-corrected chi connectivity index (χ2v) is 2.80. The predicted molar refractivity (Wildman–Crippen MR) is 42.2 cm³/mol. The van der Waals surface area contributed by atoms with Crippen LogP contribution in [0, 0.1) is 0 Å². The third kappa shape index (κ3) is 3.49. The summed E-state index contributed by atoms with van der Waals surface area (Å²) < 4.78 is 47.8. The molecule has 0 aliphatic heterocycles. The zero-order valence-electron chi connectivity index (χ0n) is 7.57. The molecule has 0 saturated carbocycles. The molecular weight excluding hydrogens is 204 g/mol. The van der Waals surface area contributed by atoms with Crippen LogP contribution in [-0.4, -0.2) is 30.8 Å². The van der Waals surface area contributed by atoms with Crippen LogP contribution in [0.4, 0.5) is 17.6 Å². The van der Waals surface area contributed by atoms with Crippen LogP contribution in [0.1, 0.15) is 13.3 Å². The van der Waals surface area contributed by atoms with Crippen molar-refractivity contribution in [2.75, 3.05) is 6.54 Å². The van der Waals surface area contributed by atoms with Crippen LogP contribution < -0.4 is 11.1 Å². The zero-order chi connectivity index (χ0) is 11.4. The lowest BCUT2D eigenvalue weighted by molar-refractivity contribution is -0.169. The van der Waals surface area contributed by atoms with E-state index in [0.717, 1.165) is 0 Å². The van der Waals surface area contributed by atoms with Crippen molar-refractivity contribution in [2.45, 2.75) is 31.7 Å². The number of amides is 1. The van der Waals surface area contributed by atoms with Gasteiger partial charge < -0.3 is 11.1 Å². The smallest absolute Gasteiger partial charge is 0.349 e. The average molecular weight is 216 g/mol. The van der Waals surface area contributed by atoms with E-state index in [0.29, 0.717) is 6.42 Å². The van der Waals surface area contributed by atoms with Gasteiger partial charge in [0.1, 0.15) is 0 Å². The highest BCUT2D eigenvalue weighted by Gasteiger charge is 2.48. The summed E-state index contributed by atoms with van der Waals surface area (Å²) in [6, 6.07) is -0.507. The van der Waals surface area contributed by atoms with Gasteiger partial charge in [0, 0.05) is 12.6 Å². The molecule has 7 heteroatoms. The van der Waals surface area contributed by atoms with Crippen molar-refractivity contribution in [3.8, 4) is 0 Å². The average Bonchev–Trinajstić information content (AvgIpc) is 2.12. The Morgan fingerprint density at radius 2 is 2.00 bits per heavy atom. The lowest BCUT2D eigenvalue weighted by atomic mass is 10.2. The van der Waals surface area contributed by atoms with Crippen molar-refractivity contribution in [3.05, 3.63) is 0 Å². The summed E-state index contributed by atoms with van der Waals surface area (Å²) in [7, 11) is 0. The minimum Gasteiger partial charge on any atom is -0.349 e. The van der Waals surface area contributed by atoms with E-state index < -0.39 is 24.3 Å². The van der Waals surface area contributed by atoms with E-state index in [1.54, 1.807) is 12.2 Å². The van der Waals surface area contributed by atoms with Crippen LogP contribution in [-0.2, 0) is 4.79 Å². The van der Waals surface area contributed by atoms with Gasteiger partial charge in [-0.2, -0.15) is 8.78 Å². The van der Waals surface area contributed by atoms with E-state index in [1.807, 2.05) is 0 Å². The van der Waals surface area contributed by atoms with E-state index in [4.69, 9.17) is 5.73 Å². The number of carbonyl (C=O) groups is 1. The molecule has 0 aliphatic rings. The second-order valence-electron chi connectivity index (χ2n) is 2.80. The van der Waals surface area contributed by atoms with Crippen LogP contribution in [0.25, 0.3) is 0 Å². The summed E-state index contributed by atoms with van der Waals surface area (Å²) in [6.07, 6.45) is -3.54. The fourth-order valence-corrected chi connectivity index (χ4v) is 0.585. The fraction of sp³-hybridized carbons (Fsp3) is 0.857. The van der Waals surface area contributed by atoms with Crippen molar-refractivity contribution in [1.82, 2.24) is 5.32 Å². The monoisotopic (exact) mass is 216 g/mol. The molecule has 1 amide bonds. The van der Waals surface area contributed by atoms with Crippen LogP contribution >= 0.6 is 0 Å². The first-order valence-corrected chi connectivity index (χ1v) is 4.02. The number of hydrogen-bond donors (Lipinski definition) is 2. The Morgan fingerprint density at radius 3 is 2.36 bits per heavy atom. The number of nitrogens with one attached hydrogen (secondary N) is 1. The van der Waals surface area contributed by atoms with Gasteiger partial charge in [0.25, 0.3) is 5.91 Å². The van der Waals surface area contributed by atoms with Crippen molar-refractivity contribution >= 4 is 5.91 Å². The number of halogens is 4. The maximum atomic E-state index is 12.3. The van der Waals surface area contributed by atoms with E-state index in [2.05, 4.69) is 0 Å².